The summed E-state index contributed by atoms with van der Waals surface area (Å²) in [5.74, 6) is 1.49. The molecule has 100 valence electrons. The molecule has 0 saturated heterocycles. The molecule has 0 amide bonds. The molecular weight excluding hydrogens is 248 g/mol. The number of hydrogen-bond donors (Lipinski definition) is 1. The van der Waals surface area contributed by atoms with Crippen molar-refractivity contribution in [2.24, 2.45) is 0 Å². The first-order chi connectivity index (χ1) is 9.11. The molecular formula is C12H14N4O3. The fourth-order valence-electron chi connectivity index (χ4n) is 1.66. The maximum Gasteiger partial charge on any atom is 0.314 e. The Labute approximate surface area is 109 Å². The zero-order valence-electron chi connectivity index (χ0n) is 10.7. The lowest BCUT2D eigenvalue weighted by atomic mass is 10.2. The summed E-state index contributed by atoms with van der Waals surface area (Å²) in [6.07, 6.45) is 3.93. The summed E-state index contributed by atoms with van der Waals surface area (Å²) >= 11 is 0. The molecule has 2 heterocycles. The van der Waals surface area contributed by atoms with Gasteiger partial charge in [-0.05, 0) is 13.0 Å². The molecule has 0 aliphatic carbocycles. The van der Waals surface area contributed by atoms with Gasteiger partial charge < -0.3 is 9.73 Å². The first-order valence-corrected chi connectivity index (χ1v) is 5.89. The van der Waals surface area contributed by atoms with Crippen molar-refractivity contribution in [1.82, 2.24) is 9.97 Å². The highest BCUT2D eigenvalue weighted by Gasteiger charge is 2.18. The lowest BCUT2D eigenvalue weighted by Gasteiger charge is -2.05. The van der Waals surface area contributed by atoms with Gasteiger partial charge in [-0.2, -0.15) is 0 Å². The minimum Gasteiger partial charge on any atom is -0.444 e. The van der Waals surface area contributed by atoms with Crippen LogP contribution >= 0.6 is 0 Å². The van der Waals surface area contributed by atoms with Crippen molar-refractivity contribution in [3.8, 4) is 0 Å². The normalized spacial score (nSPS) is 10.4. The van der Waals surface area contributed by atoms with Crippen LogP contribution in [0, 0.1) is 17.0 Å². The summed E-state index contributed by atoms with van der Waals surface area (Å²) in [5.41, 5.74) is 0.536. The molecule has 0 aromatic carbocycles. The van der Waals surface area contributed by atoms with Crippen molar-refractivity contribution in [3.05, 3.63) is 45.8 Å². The average Bonchev–Trinajstić information content (AvgIpc) is 2.83. The number of pyridine rings is 1. The molecule has 0 spiro atoms. The number of aryl methyl sites for hydroxylation is 2. The molecule has 0 aliphatic rings. The van der Waals surface area contributed by atoms with Crippen molar-refractivity contribution in [3.63, 3.8) is 0 Å². The van der Waals surface area contributed by atoms with Crippen LogP contribution < -0.4 is 5.32 Å². The number of nitrogens with one attached hydrogen (secondary N) is 1. The molecule has 7 heteroatoms. The largest absolute Gasteiger partial charge is 0.444 e. The third-order valence-corrected chi connectivity index (χ3v) is 2.67. The highest BCUT2D eigenvalue weighted by molar-refractivity contribution is 5.59. The van der Waals surface area contributed by atoms with Crippen LogP contribution in [-0.4, -0.2) is 14.9 Å². The summed E-state index contributed by atoms with van der Waals surface area (Å²) in [7, 11) is 0. The highest BCUT2D eigenvalue weighted by Crippen LogP contribution is 2.25. The monoisotopic (exact) mass is 262 g/mol. The van der Waals surface area contributed by atoms with E-state index in [-0.39, 0.29) is 18.1 Å². The van der Waals surface area contributed by atoms with Gasteiger partial charge in [-0.3, -0.25) is 10.1 Å². The number of nitro groups is 1. The Bertz CT molecular complexity index is 594. The maximum absolute atomic E-state index is 11.0. The first-order valence-electron chi connectivity index (χ1n) is 5.89. The molecule has 0 fully saturated rings. The summed E-state index contributed by atoms with van der Waals surface area (Å²) in [6, 6.07) is 1.60. The fraction of sp³-hybridized carbons (Fsp3) is 0.333. The third kappa shape index (κ3) is 2.87. The van der Waals surface area contributed by atoms with Gasteiger partial charge in [0.2, 0.25) is 11.7 Å². The Morgan fingerprint density at radius 1 is 1.47 bits per heavy atom. The van der Waals surface area contributed by atoms with E-state index in [4.69, 9.17) is 4.42 Å². The van der Waals surface area contributed by atoms with E-state index >= 15 is 0 Å². The van der Waals surface area contributed by atoms with Crippen LogP contribution in [-0.2, 0) is 13.0 Å². The summed E-state index contributed by atoms with van der Waals surface area (Å²) in [5, 5.41) is 13.9. The van der Waals surface area contributed by atoms with Gasteiger partial charge in [-0.1, -0.05) is 6.92 Å². The molecule has 2 aromatic rings. The minimum absolute atomic E-state index is 0.0234. The van der Waals surface area contributed by atoms with Crippen molar-refractivity contribution >= 4 is 11.5 Å². The Kier molecular flexibility index (Phi) is 3.74. The maximum atomic E-state index is 11.0. The van der Waals surface area contributed by atoms with E-state index in [2.05, 4.69) is 15.3 Å². The van der Waals surface area contributed by atoms with Crippen molar-refractivity contribution in [1.29, 1.82) is 0 Å². The number of rotatable bonds is 5. The van der Waals surface area contributed by atoms with Gasteiger partial charge in [0.05, 0.1) is 17.7 Å². The number of anilines is 1. The topological polar surface area (TPSA) is 94.1 Å². The van der Waals surface area contributed by atoms with Crippen LogP contribution in [0.2, 0.25) is 0 Å². The molecule has 0 saturated carbocycles. The lowest BCUT2D eigenvalue weighted by Crippen LogP contribution is -2.05. The molecule has 0 unspecified atom stereocenters. The summed E-state index contributed by atoms with van der Waals surface area (Å²) < 4.78 is 5.41. The van der Waals surface area contributed by atoms with E-state index in [1.54, 1.807) is 19.2 Å². The predicted octanol–water partition coefficient (Wildman–Crippen LogP) is 2.46. The molecule has 1 N–H and O–H groups in total. The fourth-order valence-corrected chi connectivity index (χ4v) is 1.66. The molecule has 2 rings (SSSR count). The van der Waals surface area contributed by atoms with Gasteiger partial charge in [-0.15, -0.1) is 0 Å². The van der Waals surface area contributed by atoms with Gasteiger partial charge in [0.1, 0.15) is 5.76 Å². The predicted molar refractivity (Wildman–Crippen MR) is 68.8 cm³/mol. The van der Waals surface area contributed by atoms with E-state index in [9.17, 15) is 10.1 Å². The minimum atomic E-state index is -0.447. The standard InChI is InChI=1S/C12H14N4O3/c1-3-9-6-14-10(19-9)7-15-12-11(16(17)18)8(2)4-5-13-12/h4-6H,3,7H2,1-2H3,(H,13,15). The molecule has 7 nitrogen and oxygen atoms in total. The van der Waals surface area contributed by atoms with Gasteiger partial charge >= 0.3 is 5.69 Å². The van der Waals surface area contributed by atoms with Crippen molar-refractivity contribution in [2.75, 3.05) is 5.32 Å². The molecule has 19 heavy (non-hydrogen) atoms. The third-order valence-electron chi connectivity index (χ3n) is 2.67. The zero-order chi connectivity index (χ0) is 13.8. The van der Waals surface area contributed by atoms with Crippen LogP contribution in [0.5, 0.6) is 0 Å². The Hall–Kier alpha value is -2.44. The SMILES string of the molecule is CCc1cnc(CNc2nccc(C)c2[N+](=O)[O-])o1. The molecule has 0 bridgehead atoms. The quantitative estimate of drug-likeness (QED) is 0.657. The Morgan fingerprint density at radius 3 is 2.89 bits per heavy atom. The van der Waals surface area contributed by atoms with E-state index in [1.165, 1.54) is 6.20 Å². The zero-order valence-corrected chi connectivity index (χ0v) is 10.7. The number of nitrogens with zero attached hydrogens (tertiary/aromatic N) is 3. The second-order valence-corrected chi connectivity index (χ2v) is 4.01. The number of aromatic nitrogens is 2. The van der Waals surface area contributed by atoms with Gasteiger partial charge in [-0.25, -0.2) is 9.97 Å². The average molecular weight is 262 g/mol. The van der Waals surface area contributed by atoms with Crippen LogP contribution in [0.1, 0.15) is 24.1 Å². The van der Waals surface area contributed by atoms with E-state index in [0.29, 0.717) is 11.5 Å². The first kappa shape index (κ1) is 13.0. The molecule has 0 atom stereocenters. The molecule has 0 radical (unpaired) electrons. The van der Waals surface area contributed by atoms with Crippen molar-refractivity contribution in [2.45, 2.75) is 26.8 Å². The van der Waals surface area contributed by atoms with E-state index in [1.807, 2.05) is 6.92 Å². The highest BCUT2D eigenvalue weighted by atomic mass is 16.6. The molecule has 2 aromatic heterocycles. The summed E-state index contributed by atoms with van der Waals surface area (Å²) in [4.78, 5) is 18.6. The Balaban J connectivity index is 2.15. The van der Waals surface area contributed by atoms with Gasteiger partial charge in [0.15, 0.2) is 0 Å². The van der Waals surface area contributed by atoms with E-state index in [0.717, 1.165) is 12.2 Å². The smallest absolute Gasteiger partial charge is 0.314 e. The lowest BCUT2D eigenvalue weighted by molar-refractivity contribution is -0.384. The second-order valence-electron chi connectivity index (χ2n) is 4.01. The van der Waals surface area contributed by atoms with Gasteiger partial charge in [0, 0.05) is 18.2 Å². The Morgan fingerprint density at radius 2 is 2.26 bits per heavy atom. The van der Waals surface area contributed by atoms with Gasteiger partial charge in [0.25, 0.3) is 0 Å². The molecule has 0 aliphatic heterocycles. The number of oxazole rings is 1. The van der Waals surface area contributed by atoms with E-state index < -0.39 is 4.92 Å². The van der Waals surface area contributed by atoms with Crippen molar-refractivity contribution < 1.29 is 9.34 Å². The van der Waals surface area contributed by atoms with Crippen LogP contribution in [0.4, 0.5) is 11.5 Å². The van der Waals surface area contributed by atoms with Crippen LogP contribution in [0.25, 0.3) is 0 Å². The summed E-state index contributed by atoms with van der Waals surface area (Å²) in [6.45, 7) is 3.90. The second kappa shape index (κ2) is 5.47. The van der Waals surface area contributed by atoms with Crippen LogP contribution in [0.3, 0.4) is 0 Å². The number of hydrogen-bond acceptors (Lipinski definition) is 6. The van der Waals surface area contributed by atoms with Crippen LogP contribution in [0.15, 0.2) is 22.9 Å².